The lowest BCUT2D eigenvalue weighted by molar-refractivity contribution is -0.119. The second kappa shape index (κ2) is 4.03. The van der Waals surface area contributed by atoms with Gasteiger partial charge >= 0.3 is 0 Å². The normalized spacial score (nSPS) is 25.6. The van der Waals surface area contributed by atoms with Gasteiger partial charge in [-0.05, 0) is 32.4 Å². The van der Waals surface area contributed by atoms with Crippen LogP contribution < -0.4 is 0 Å². The first-order valence-electron chi connectivity index (χ1n) is 5.24. The lowest BCUT2D eigenvalue weighted by atomic mass is 10.1. The molecule has 0 spiro atoms. The van der Waals surface area contributed by atoms with Crippen LogP contribution in [0.2, 0.25) is 0 Å². The topological polar surface area (TPSA) is 29.5 Å². The molecule has 80 valence electrons. The average molecular weight is 205 g/mol. The number of carbonyl (C=O) groups is 1. The molecule has 0 aromatic heterocycles. The fourth-order valence-corrected chi connectivity index (χ4v) is 1.87. The summed E-state index contributed by atoms with van der Waals surface area (Å²) >= 11 is 0. The van der Waals surface area contributed by atoms with Crippen molar-refractivity contribution in [2.24, 2.45) is 0 Å². The zero-order valence-electron chi connectivity index (χ0n) is 9.01. The molecule has 1 aromatic rings. The number of carbonyl (C=O) groups excluding carboxylic acids is 1. The summed E-state index contributed by atoms with van der Waals surface area (Å²) in [5.74, 6) is -0.0487. The number of amides is 1. The molecule has 0 radical (unpaired) electrons. The Kier molecular flexibility index (Phi) is 2.73. The first-order chi connectivity index (χ1) is 7.18. The van der Waals surface area contributed by atoms with Gasteiger partial charge in [-0.2, -0.15) is 0 Å². The van der Waals surface area contributed by atoms with Crippen molar-refractivity contribution < 1.29 is 9.63 Å². The van der Waals surface area contributed by atoms with Gasteiger partial charge in [0.2, 0.25) is 0 Å². The van der Waals surface area contributed by atoms with E-state index in [1.165, 1.54) is 5.06 Å². The predicted octanol–water partition coefficient (Wildman–Crippen LogP) is 2.24. The number of benzene rings is 1. The van der Waals surface area contributed by atoms with Gasteiger partial charge in [0.05, 0.1) is 12.1 Å². The van der Waals surface area contributed by atoms with E-state index >= 15 is 0 Å². The van der Waals surface area contributed by atoms with Crippen molar-refractivity contribution >= 4 is 5.91 Å². The molecule has 2 unspecified atom stereocenters. The van der Waals surface area contributed by atoms with E-state index < -0.39 is 0 Å². The van der Waals surface area contributed by atoms with Gasteiger partial charge in [0.15, 0.2) is 0 Å². The minimum atomic E-state index is -0.0487. The average Bonchev–Trinajstić information content (AvgIpc) is 2.58. The van der Waals surface area contributed by atoms with Gasteiger partial charge < -0.3 is 0 Å². The Morgan fingerprint density at radius 3 is 2.53 bits per heavy atom. The first kappa shape index (κ1) is 10.2. The van der Waals surface area contributed by atoms with Crippen LogP contribution in [-0.2, 0) is 4.84 Å². The number of hydrogen-bond acceptors (Lipinski definition) is 2. The molecule has 3 heteroatoms. The van der Waals surface area contributed by atoms with Crippen LogP contribution in [0.1, 0.15) is 30.6 Å². The van der Waals surface area contributed by atoms with E-state index in [2.05, 4.69) is 0 Å². The Balaban J connectivity index is 2.15. The van der Waals surface area contributed by atoms with Crippen molar-refractivity contribution in [3.8, 4) is 0 Å². The van der Waals surface area contributed by atoms with Crippen LogP contribution in [0.5, 0.6) is 0 Å². The van der Waals surface area contributed by atoms with Gasteiger partial charge in [-0.25, -0.2) is 5.06 Å². The summed E-state index contributed by atoms with van der Waals surface area (Å²) in [5, 5.41) is 1.49. The third kappa shape index (κ3) is 2.02. The highest BCUT2D eigenvalue weighted by Gasteiger charge is 2.31. The summed E-state index contributed by atoms with van der Waals surface area (Å²) in [4.78, 5) is 17.5. The molecule has 1 aliphatic rings. The lowest BCUT2D eigenvalue weighted by Crippen LogP contribution is -2.32. The number of hydroxylamine groups is 2. The molecule has 1 saturated heterocycles. The molecule has 15 heavy (non-hydrogen) atoms. The van der Waals surface area contributed by atoms with E-state index in [1.54, 1.807) is 12.1 Å². The van der Waals surface area contributed by atoms with Crippen LogP contribution >= 0.6 is 0 Å². The molecule has 1 fully saturated rings. The van der Waals surface area contributed by atoms with Crippen molar-refractivity contribution in [1.29, 1.82) is 0 Å². The number of rotatable bonds is 1. The van der Waals surface area contributed by atoms with E-state index in [0.29, 0.717) is 5.56 Å². The fourth-order valence-electron chi connectivity index (χ4n) is 1.87. The standard InChI is InChI=1S/C12H15NO2/c1-9-8-10(2)15-13(9)12(14)11-6-4-3-5-7-11/h3-7,9-10H,8H2,1-2H3. The Morgan fingerprint density at radius 2 is 2.00 bits per heavy atom. The van der Waals surface area contributed by atoms with Gasteiger partial charge in [0.25, 0.3) is 5.91 Å². The predicted molar refractivity (Wildman–Crippen MR) is 57.2 cm³/mol. The SMILES string of the molecule is CC1CC(C)N(C(=O)c2ccccc2)O1. The molecule has 0 N–H and O–H groups in total. The molecule has 1 amide bonds. The van der Waals surface area contributed by atoms with E-state index in [-0.39, 0.29) is 18.1 Å². The summed E-state index contributed by atoms with van der Waals surface area (Å²) in [6.45, 7) is 3.99. The van der Waals surface area contributed by atoms with Gasteiger partial charge in [0, 0.05) is 5.56 Å². The summed E-state index contributed by atoms with van der Waals surface area (Å²) in [6, 6.07) is 9.39. The van der Waals surface area contributed by atoms with Gasteiger partial charge in [0.1, 0.15) is 0 Å². The van der Waals surface area contributed by atoms with E-state index in [9.17, 15) is 4.79 Å². The molecule has 1 aromatic carbocycles. The van der Waals surface area contributed by atoms with E-state index in [4.69, 9.17) is 4.84 Å². The lowest BCUT2D eigenvalue weighted by Gasteiger charge is -2.19. The highest BCUT2D eigenvalue weighted by Crippen LogP contribution is 2.22. The van der Waals surface area contributed by atoms with Gasteiger partial charge in [-0.15, -0.1) is 0 Å². The molecule has 0 saturated carbocycles. The Morgan fingerprint density at radius 1 is 1.33 bits per heavy atom. The van der Waals surface area contributed by atoms with Gasteiger partial charge in [-0.3, -0.25) is 9.63 Å². The van der Waals surface area contributed by atoms with Crippen LogP contribution in [0.3, 0.4) is 0 Å². The molecule has 0 bridgehead atoms. The molecule has 3 nitrogen and oxygen atoms in total. The maximum Gasteiger partial charge on any atom is 0.277 e. The highest BCUT2D eigenvalue weighted by molar-refractivity contribution is 5.93. The summed E-state index contributed by atoms with van der Waals surface area (Å²) < 4.78 is 0. The Hall–Kier alpha value is -1.35. The quantitative estimate of drug-likeness (QED) is 0.703. The molecule has 1 heterocycles. The second-order valence-corrected chi connectivity index (χ2v) is 4.00. The summed E-state index contributed by atoms with van der Waals surface area (Å²) in [7, 11) is 0. The maximum absolute atomic E-state index is 12.0. The van der Waals surface area contributed by atoms with Crippen molar-refractivity contribution in [1.82, 2.24) is 5.06 Å². The summed E-state index contributed by atoms with van der Waals surface area (Å²) in [6.07, 6.45) is 1.03. The molecule has 0 aliphatic carbocycles. The minimum absolute atomic E-state index is 0.0487. The molecule has 2 atom stereocenters. The third-order valence-electron chi connectivity index (χ3n) is 2.59. The number of nitrogens with zero attached hydrogens (tertiary/aromatic N) is 1. The minimum Gasteiger partial charge on any atom is -0.267 e. The molecular weight excluding hydrogens is 190 g/mol. The molecule has 2 rings (SSSR count). The largest absolute Gasteiger partial charge is 0.277 e. The Labute approximate surface area is 89.6 Å². The van der Waals surface area contributed by atoms with Crippen molar-refractivity contribution in [2.45, 2.75) is 32.4 Å². The zero-order valence-corrected chi connectivity index (χ0v) is 9.01. The van der Waals surface area contributed by atoms with E-state index in [0.717, 1.165) is 6.42 Å². The maximum atomic E-state index is 12.0. The monoisotopic (exact) mass is 205 g/mol. The van der Waals surface area contributed by atoms with Crippen molar-refractivity contribution in [2.75, 3.05) is 0 Å². The highest BCUT2D eigenvalue weighted by atomic mass is 16.7. The molecule has 1 aliphatic heterocycles. The smallest absolute Gasteiger partial charge is 0.267 e. The fraction of sp³-hybridized carbons (Fsp3) is 0.417. The van der Waals surface area contributed by atoms with Crippen LogP contribution in [-0.4, -0.2) is 23.1 Å². The van der Waals surface area contributed by atoms with Crippen LogP contribution in [0, 0.1) is 0 Å². The van der Waals surface area contributed by atoms with E-state index in [1.807, 2.05) is 32.0 Å². The van der Waals surface area contributed by atoms with Crippen molar-refractivity contribution in [3.63, 3.8) is 0 Å². The third-order valence-corrected chi connectivity index (χ3v) is 2.59. The number of hydrogen-bond donors (Lipinski definition) is 0. The van der Waals surface area contributed by atoms with Crippen LogP contribution in [0.25, 0.3) is 0 Å². The van der Waals surface area contributed by atoms with Gasteiger partial charge in [-0.1, -0.05) is 18.2 Å². The molecular formula is C12H15NO2. The van der Waals surface area contributed by atoms with Crippen LogP contribution in [0.4, 0.5) is 0 Å². The Bertz CT molecular complexity index is 350. The van der Waals surface area contributed by atoms with Crippen LogP contribution in [0.15, 0.2) is 30.3 Å². The second-order valence-electron chi connectivity index (χ2n) is 4.00. The first-order valence-corrected chi connectivity index (χ1v) is 5.24. The van der Waals surface area contributed by atoms with Crippen molar-refractivity contribution in [3.05, 3.63) is 35.9 Å². The zero-order chi connectivity index (χ0) is 10.8. The summed E-state index contributed by atoms with van der Waals surface area (Å²) in [5.41, 5.74) is 0.679.